The second-order valence-electron chi connectivity index (χ2n) is 5.24. The first-order valence-corrected chi connectivity index (χ1v) is 7.56. The summed E-state index contributed by atoms with van der Waals surface area (Å²) in [6.45, 7) is 0. The number of esters is 1. The van der Waals surface area contributed by atoms with Crippen LogP contribution in [0.2, 0.25) is 0 Å². The summed E-state index contributed by atoms with van der Waals surface area (Å²) < 4.78 is 18.1. The van der Waals surface area contributed by atoms with Gasteiger partial charge in [-0.05, 0) is 60.7 Å². The maximum absolute atomic E-state index is 12.9. The summed E-state index contributed by atoms with van der Waals surface area (Å²) in [4.78, 5) is 24.1. The van der Waals surface area contributed by atoms with Crippen molar-refractivity contribution < 1.29 is 18.7 Å². The Morgan fingerprint density at radius 3 is 2.00 bits per heavy atom. The van der Waals surface area contributed by atoms with E-state index in [1.54, 1.807) is 48.5 Å². The number of hydrogen-bond donors (Lipinski definition) is 1. The van der Waals surface area contributed by atoms with Crippen LogP contribution in [0.15, 0.2) is 78.9 Å². The van der Waals surface area contributed by atoms with Crippen molar-refractivity contribution in [2.24, 2.45) is 0 Å². The molecule has 0 radical (unpaired) electrons. The quantitative estimate of drug-likeness (QED) is 0.571. The van der Waals surface area contributed by atoms with E-state index in [2.05, 4.69) is 5.32 Å². The Bertz CT molecular complexity index is 875. The first-order valence-electron chi connectivity index (χ1n) is 7.56. The highest BCUT2D eigenvalue weighted by Gasteiger charge is 2.10. The number of para-hydroxylation sites is 1. The van der Waals surface area contributed by atoms with Crippen molar-refractivity contribution >= 4 is 17.6 Å². The Labute approximate surface area is 143 Å². The van der Waals surface area contributed by atoms with Gasteiger partial charge in [0.15, 0.2) is 0 Å². The standard InChI is InChI=1S/C20H14FNO3/c21-16-10-6-14(7-11-16)19(23)22-17-12-8-15(9-13-17)20(24)25-18-4-2-1-3-5-18/h1-13H,(H,22,23). The molecule has 0 fully saturated rings. The Hall–Kier alpha value is -3.47. The van der Waals surface area contributed by atoms with Gasteiger partial charge in [0, 0.05) is 11.3 Å². The summed E-state index contributed by atoms with van der Waals surface area (Å²) in [6, 6.07) is 20.3. The number of ether oxygens (including phenoxy) is 1. The average Bonchev–Trinajstić information content (AvgIpc) is 2.63. The number of halogens is 1. The third-order valence-corrected chi connectivity index (χ3v) is 3.44. The summed E-state index contributed by atoms with van der Waals surface area (Å²) >= 11 is 0. The fraction of sp³-hybridized carbons (Fsp3) is 0. The fourth-order valence-electron chi connectivity index (χ4n) is 2.15. The smallest absolute Gasteiger partial charge is 0.343 e. The monoisotopic (exact) mass is 335 g/mol. The molecule has 5 heteroatoms. The van der Waals surface area contributed by atoms with Crippen LogP contribution in [-0.2, 0) is 0 Å². The number of amides is 1. The lowest BCUT2D eigenvalue weighted by molar-refractivity contribution is 0.0734. The molecule has 4 nitrogen and oxygen atoms in total. The molecule has 0 saturated carbocycles. The molecular formula is C20H14FNO3. The zero-order valence-corrected chi connectivity index (χ0v) is 13.1. The third kappa shape index (κ3) is 4.29. The second kappa shape index (κ2) is 7.40. The lowest BCUT2D eigenvalue weighted by Gasteiger charge is -2.07. The van der Waals surface area contributed by atoms with Gasteiger partial charge in [0.2, 0.25) is 0 Å². The summed E-state index contributed by atoms with van der Waals surface area (Å²) in [5.74, 6) is -0.791. The minimum absolute atomic E-state index is 0.342. The Morgan fingerprint density at radius 1 is 0.760 bits per heavy atom. The number of carbonyl (C=O) groups is 2. The van der Waals surface area contributed by atoms with Gasteiger partial charge in [-0.2, -0.15) is 0 Å². The van der Waals surface area contributed by atoms with Crippen molar-refractivity contribution in [1.82, 2.24) is 0 Å². The molecule has 25 heavy (non-hydrogen) atoms. The number of anilines is 1. The van der Waals surface area contributed by atoms with Crippen LogP contribution in [0.5, 0.6) is 5.75 Å². The first kappa shape index (κ1) is 16.4. The SMILES string of the molecule is O=C(Nc1ccc(C(=O)Oc2ccccc2)cc1)c1ccc(F)cc1. The zero-order valence-electron chi connectivity index (χ0n) is 13.1. The minimum atomic E-state index is -0.484. The van der Waals surface area contributed by atoms with E-state index in [1.807, 2.05) is 6.07 Å². The van der Waals surface area contributed by atoms with Crippen molar-refractivity contribution in [3.05, 3.63) is 95.8 Å². The highest BCUT2D eigenvalue weighted by molar-refractivity contribution is 6.04. The summed E-state index contributed by atoms with van der Waals surface area (Å²) in [6.07, 6.45) is 0. The molecule has 0 unspecified atom stereocenters. The van der Waals surface area contributed by atoms with Crippen molar-refractivity contribution in [3.8, 4) is 5.75 Å². The predicted molar refractivity (Wildman–Crippen MR) is 92.2 cm³/mol. The molecule has 0 aliphatic carbocycles. The van der Waals surface area contributed by atoms with Gasteiger partial charge in [0.25, 0.3) is 5.91 Å². The van der Waals surface area contributed by atoms with Crippen LogP contribution >= 0.6 is 0 Å². The Kier molecular flexibility index (Phi) is 4.85. The third-order valence-electron chi connectivity index (χ3n) is 3.44. The van der Waals surface area contributed by atoms with E-state index in [1.165, 1.54) is 24.3 Å². The molecule has 124 valence electrons. The molecule has 0 spiro atoms. The highest BCUT2D eigenvalue weighted by atomic mass is 19.1. The molecule has 0 aromatic heterocycles. The van der Waals surface area contributed by atoms with E-state index in [0.717, 1.165) is 0 Å². The van der Waals surface area contributed by atoms with E-state index >= 15 is 0 Å². The minimum Gasteiger partial charge on any atom is -0.423 e. The van der Waals surface area contributed by atoms with Gasteiger partial charge < -0.3 is 10.1 Å². The van der Waals surface area contributed by atoms with Gasteiger partial charge in [0.05, 0.1) is 5.56 Å². The molecular weight excluding hydrogens is 321 g/mol. The molecule has 0 bridgehead atoms. The molecule has 1 amide bonds. The summed E-state index contributed by atoms with van der Waals surface area (Å²) in [5.41, 5.74) is 1.23. The van der Waals surface area contributed by atoms with Crippen LogP contribution in [0.4, 0.5) is 10.1 Å². The number of benzene rings is 3. The van der Waals surface area contributed by atoms with E-state index in [-0.39, 0.29) is 5.91 Å². The Balaban J connectivity index is 1.64. The molecule has 0 heterocycles. The average molecular weight is 335 g/mol. The molecule has 0 aliphatic rings. The van der Waals surface area contributed by atoms with Crippen LogP contribution in [0.3, 0.4) is 0 Å². The van der Waals surface area contributed by atoms with Gasteiger partial charge in [-0.25, -0.2) is 9.18 Å². The van der Waals surface area contributed by atoms with Crippen molar-refractivity contribution in [2.45, 2.75) is 0 Å². The van der Waals surface area contributed by atoms with Gasteiger partial charge in [-0.15, -0.1) is 0 Å². The summed E-state index contributed by atoms with van der Waals surface area (Å²) in [7, 11) is 0. The molecule has 3 aromatic carbocycles. The number of carbonyl (C=O) groups excluding carboxylic acids is 2. The first-order chi connectivity index (χ1) is 12.1. The van der Waals surface area contributed by atoms with Gasteiger partial charge in [0.1, 0.15) is 11.6 Å². The van der Waals surface area contributed by atoms with Crippen LogP contribution in [-0.4, -0.2) is 11.9 Å². The van der Waals surface area contributed by atoms with Crippen LogP contribution in [0.25, 0.3) is 0 Å². The molecule has 0 saturated heterocycles. The fourth-order valence-corrected chi connectivity index (χ4v) is 2.15. The van der Waals surface area contributed by atoms with Crippen molar-refractivity contribution in [3.63, 3.8) is 0 Å². The lowest BCUT2D eigenvalue weighted by Crippen LogP contribution is -2.12. The van der Waals surface area contributed by atoms with Crippen LogP contribution in [0.1, 0.15) is 20.7 Å². The number of rotatable bonds is 4. The van der Waals surface area contributed by atoms with Crippen LogP contribution in [0, 0.1) is 5.82 Å². The molecule has 1 N–H and O–H groups in total. The molecule has 0 aliphatic heterocycles. The summed E-state index contributed by atoms with van der Waals surface area (Å²) in [5, 5.41) is 2.68. The van der Waals surface area contributed by atoms with Crippen molar-refractivity contribution in [2.75, 3.05) is 5.32 Å². The van der Waals surface area contributed by atoms with Gasteiger partial charge in [-0.1, -0.05) is 18.2 Å². The van der Waals surface area contributed by atoms with Crippen LogP contribution < -0.4 is 10.1 Å². The lowest BCUT2D eigenvalue weighted by atomic mass is 10.2. The highest BCUT2D eigenvalue weighted by Crippen LogP contribution is 2.15. The van der Waals surface area contributed by atoms with E-state index in [9.17, 15) is 14.0 Å². The largest absolute Gasteiger partial charge is 0.423 e. The van der Waals surface area contributed by atoms with Gasteiger partial charge >= 0.3 is 5.97 Å². The molecule has 3 aromatic rings. The normalized spacial score (nSPS) is 10.1. The van der Waals surface area contributed by atoms with E-state index < -0.39 is 11.8 Å². The van der Waals surface area contributed by atoms with Crippen molar-refractivity contribution in [1.29, 1.82) is 0 Å². The predicted octanol–water partition coefficient (Wildman–Crippen LogP) is 4.30. The molecule has 3 rings (SSSR count). The Morgan fingerprint density at radius 2 is 1.36 bits per heavy atom. The maximum Gasteiger partial charge on any atom is 0.343 e. The second-order valence-corrected chi connectivity index (χ2v) is 5.24. The zero-order chi connectivity index (χ0) is 17.6. The number of nitrogens with one attached hydrogen (secondary N) is 1. The molecule has 0 atom stereocenters. The number of hydrogen-bond acceptors (Lipinski definition) is 3. The topological polar surface area (TPSA) is 55.4 Å². The van der Waals surface area contributed by atoms with E-state index in [0.29, 0.717) is 22.6 Å². The van der Waals surface area contributed by atoms with Gasteiger partial charge in [-0.3, -0.25) is 4.79 Å². The van der Waals surface area contributed by atoms with E-state index in [4.69, 9.17) is 4.74 Å². The maximum atomic E-state index is 12.9.